The molecule has 0 amide bonds. The van der Waals surface area contributed by atoms with Gasteiger partial charge in [-0.05, 0) is 49.7 Å². The number of pyridine rings is 1. The molecule has 0 atom stereocenters. The van der Waals surface area contributed by atoms with Crippen LogP contribution in [0.2, 0.25) is 0 Å². The van der Waals surface area contributed by atoms with Gasteiger partial charge in [-0.1, -0.05) is 6.07 Å². The molecule has 3 rings (SSSR count). The van der Waals surface area contributed by atoms with Gasteiger partial charge < -0.3 is 20.1 Å². The summed E-state index contributed by atoms with van der Waals surface area (Å²) in [6.45, 7) is 8.68. The van der Waals surface area contributed by atoms with Gasteiger partial charge in [0.25, 0.3) is 0 Å². The summed E-state index contributed by atoms with van der Waals surface area (Å²) in [5.74, 6) is 0.979. The van der Waals surface area contributed by atoms with Crippen molar-refractivity contribution in [1.82, 2.24) is 20.5 Å². The fraction of sp³-hybridized carbons (Fsp3) is 0.455. The monoisotopic (exact) mass is 543 g/mol. The van der Waals surface area contributed by atoms with E-state index in [9.17, 15) is 4.39 Å². The van der Waals surface area contributed by atoms with Crippen molar-refractivity contribution in [3.05, 3.63) is 54.1 Å². The van der Waals surface area contributed by atoms with Crippen molar-refractivity contribution < 1.29 is 13.9 Å². The predicted octanol–water partition coefficient (Wildman–Crippen LogP) is 3.41. The molecular formula is C22H31FIN5O2. The standard InChI is InChI=1S/C22H30FN5O2.HI/c1-2-25-22(26-9-4-10-28-11-13-29-14-12-28)27-16-18-6-7-21(20(23)15-18)30-19-5-3-8-24-17-19;/h3,5-8,15,17H,2,4,9-14,16H2,1H3,(H2,25,26,27);1H. The maximum atomic E-state index is 14.4. The summed E-state index contributed by atoms with van der Waals surface area (Å²) in [4.78, 5) is 10.9. The maximum absolute atomic E-state index is 14.4. The molecule has 0 unspecified atom stereocenters. The van der Waals surface area contributed by atoms with Crippen LogP contribution in [0.3, 0.4) is 0 Å². The van der Waals surface area contributed by atoms with Crippen LogP contribution in [0.4, 0.5) is 4.39 Å². The first-order valence-corrected chi connectivity index (χ1v) is 10.4. The van der Waals surface area contributed by atoms with E-state index in [-0.39, 0.29) is 29.7 Å². The van der Waals surface area contributed by atoms with Crippen LogP contribution in [0.1, 0.15) is 18.9 Å². The second-order valence-corrected chi connectivity index (χ2v) is 6.99. The molecule has 0 spiro atoms. The van der Waals surface area contributed by atoms with Crippen LogP contribution >= 0.6 is 24.0 Å². The Morgan fingerprint density at radius 2 is 2.10 bits per heavy atom. The first-order valence-electron chi connectivity index (χ1n) is 10.4. The Balaban J connectivity index is 0.00000341. The number of aromatic nitrogens is 1. The lowest BCUT2D eigenvalue weighted by molar-refractivity contribution is 0.0376. The molecule has 1 saturated heterocycles. The molecule has 0 aliphatic carbocycles. The smallest absolute Gasteiger partial charge is 0.191 e. The van der Waals surface area contributed by atoms with Crippen LogP contribution in [0.15, 0.2) is 47.7 Å². The number of guanidine groups is 1. The molecule has 2 heterocycles. The second-order valence-electron chi connectivity index (χ2n) is 6.99. The third-order valence-electron chi connectivity index (χ3n) is 4.67. The number of hydrogen-bond acceptors (Lipinski definition) is 5. The molecule has 2 N–H and O–H groups in total. The van der Waals surface area contributed by atoms with Crippen LogP contribution in [0.25, 0.3) is 0 Å². The minimum Gasteiger partial charge on any atom is -0.453 e. The molecule has 1 aliphatic heterocycles. The average Bonchev–Trinajstić information content (AvgIpc) is 2.78. The van der Waals surface area contributed by atoms with Crippen molar-refractivity contribution in [2.45, 2.75) is 19.9 Å². The van der Waals surface area contributed by atoms with E-state index in [1.54, 1.807) is 30.6 Å². The Hall–Kier alpha value is -1.98. The average molecular weight is 543 g/mol. The number of morpholine rings is 1. The number of aliphatic imine (C=N–C) groups is 1. The van der Waals surface area contributed by atoms with Gasteiger partial charge in [-0.15, -0.1) is 24.0 Å². The first kappa shape index (κ1) is 25.3. The summed E-state index contributed by atoms with van der Waals surface area (Å²) >= 11 is 0. The Kier molecular flexibility index (Phi) is 11.5. The van der Waals surface area contributed by atoms with Crippen molar-refractivity contribution in [1.29, 1.82) is 0 Å². The molecule has 0 radical (unpaired) electrons. The SMILES string of the molecule is CCNC(=NCc1ccc(Oc2cccnc2)c(F)c1)NCCCN1CCOCC1.I. The van der Waals surface area contributed by atoms with E-state index in [1.807, 2.05) is 13.0 Å². The summed E-state index contributed by atoms with van der Waals surface area (Å²) in [7, 11) is 0. The molecule has 170 valence electrons. The molecule has 1 aromatic carbocycles. The van der Waals surface area contributed by atoms with E-state index in [1.165, 1.54) is 6.07 Å². The van der Waals surface area contributed by atoms with Crippen LogP contribution < -0.4 is 15.4 Å². The Labute approximate surface area is 200 Å². The molecule has 1 fully saturated rings. The van der Waals surface area contributed by atoms with E-state index >= 15 is 0 Å². The van der Waals surface area contributed by atoms with Gasteiger partial charge in [0.2, 0.25) is 0 Å². The van der Waals surface area contributed by atoms with Gasteiger partial charge in [0.05, 0.1) is 26.0 Å². The van der Waals surface area contributed by atoms with Gasteiger partial charge in [-0.25, -0.2) is 9.38 Å². The third kappa shape index (κ3) is 8.96. The van der Waals surface area contributed by atoms with Crippen molar-refractivity contribution in [2.24, 2.45) is 4.99 Å². The van der Waals surface area contributed by atoms with Crippen molar-refractivity contribution >= 4 is 29.9 Å². The number of halogens is 2. The lowest BCUT2D eigenvalue weighted by Gasteiger charge is -2.26. The summed E-state index contributed by atoms with van der Waals surface area (Å²) in [6, 6.07) is 8.37. The van der Waals surface area contributed by atoms with Crippen LogP contribution in [-0.4, -0.2) is 61.8 Å². The van der Waals surface area contributed by atoms with Gasteiger partial charge in [0.15, 0.2) is 17.5 Å². The predicted molar refractivity (Wildman–Crippen MR) is 131 cm³/mol. The van der Waals surface area contributed by atoms with Gasteiger partial charge in [0.1, 0.15) is 5.75 Å². The molecule has 1 aromatic heterocycles. The molecule has 0 bridgehead atoms. The Morgan fingerprint density at radius 1 is 1.26 bits per heavy atom. The second kappa shape index (κ2) is 14.2. The van der Waals surface area contributed by atoms with Crippen molar-refractivity contribution in [2.75, 3.05) is 45.9 Å². The van der Waals surface area contributed by atoms with Crippen LogP contribution in [0, 0.1) is 5.82 Å². The van der Waals surface area contributed by atoms with Gasteiger partial charge in [-0.3, -0.25) is 9.88 Å². The fourth-order valence-electron chi connectivity index (χ4n) is 3.11. The molecule has 0 saturated carbocycles. The maximum Gasteiger partial charge on any atom is 0.191 e. The highest BCUT2D eigenvalue weighted by Gasteiger charge is 2.10. The zero-order valence-corrected chi connectivity index (χ0v) is 20.2. The number of rotatable bonds is 9. The molecule has 7 nitrogen and oxygen atoms in total. The minimum atomic E-state index is -0.421. The van der Waals surface area contributed by atoms with Crippen LogP contribution in [-0.2, 0) is 11.3 Å². The van der Waals surface area contributed by atoms with E-state index < -0.39 is 5.82 Å². The van der Waals surface area contributed by atoms with Gasteiger partial charge >= 0.3 is 0 Å². The van der Waals surface area contributed by atoms with Crippen LogP contribution in [0.5, 0.6) is 11.5 Å². The van der Waals surface area contributed by atoms with E-state index in [4.69, 9.17) is 9.47 Å². The summed E-state index contributed by atoms with van der Waals surface area (Å²) < 4.78 is 25.3. The molecule has 2 aromatic rings. The largest absolute Gasteiger partial charge is 0.453 e. The van der Waals surface area contributed by atoms with E-state index in [0.29, 0.717) is 12.3 Å². The highest BCUT2D eigenvalue weighted by atomic mass is 127. The summed E-state index contributed by atoms with van der Waals surface area (Å²) in [6.07, 6.45) is 4.22. The summed E-state index contributed by atoms with van der Waals surface area (Å²) in [5.41, 5.74) is 0.775. The Bertz CT molecular complexity index is 804. The lowest BCUT2D eigenvalue weighted by Crippen LogP contribution is -2.40. The first-order chi connectivity index (χ1) is 14.7. The number of nitrogens with zero attached hydrogens (tertiary/aromatic N) is 3. The van der Waals surface area contributed by atoms with Gasteiger partial charge in [-0.2, -0.15) is 0 Å². The lowest BCUT2D eigenvalue weighted by atomic mass is 10.2. The number of ether oxygens (including phenoxy) is 2. The highest BCUT2D eigenvalue weighted by molar-refractivity contribution is 14.0. The van der Waals surface area contributed by atoms with Crippen molar-refractivity contribution in [3.8, 4) is 11.5 Å². The number of nitrogens with one attached hydrogen (secondary N) is 2. The highest BCUT2D eigenvalue weighted by Crippen LogP contribution is 2.24. The molecule has 31 heavy (non-hydrogen) atoms. The zero-order valence-electron chi connectivity index (χ0n) is 17.8. The minimum absolute atomic E-state index is 0. The molecule has 1 aliphatic rings. The Morgan fingerprint density at radius 3 is 2.81 bits per heavy atom. The number of benzene rings is 1. The quantitative estimate of drug-likeness (QED) is 0.219. The summed E-state index contributed by atoms with van der Waals surface area (Å²) in [5, 5.41) is 6.57. The topological polar surface area (TPSA) is 71.0 Å². The van der Waals surface area contributed by atoms with E-state index in [2.05, 4.69) is 25.5 Å². The fourth-order valence-corrected chi connectivity index (χ4v) is 3.11. The third-order valence-corrected chi connectivity index (χ3v) is 4.67. The zero-order chi connectivity index (χ0) is 21.0. The number of hydrogen-bond donors (Lipinski definition) is 2. The molecular weight excluding hydrogens is 512 g/mol. The van der Waals surface area contributed by atoms with E-state index in [0.717, 1.165) is 63.9 Å². The normalized spacial score (nSPS) is 14.6. The van der Waals surface area contributed by atoms with Crippen molar-refractivity contribution in [3.63, 3.8) is 0 Å². The van der Waals surface area contributed by atoms with Gasteiger partial charge in [0, 0.05) is 32.4 Å². The molecule has 9 heteroatoms.